The van der Waals surface area contributed by atoms with Crippen molar-refractivity contribution in [2.75, 3.05) is 38.5 Å². The topological polar surface area (TPSA) is 109 Å². The number of hydrogen-bond acceptors (Lipinski definition) is 8. The molecule has 3 atom stereocenters. The molecule has 3 aromatic rings. The minimum Gasteiger partial charge on any atom is -0.488 e. The Bertz CT molecular complexity index is 1540. The zero-order valence-corrected chi connectivity index (χ0v) is 26.0. The molecule has 3 aliphatic rings. The van der Waals surface area contributed by atoms with Gasteiger partial charge in [0.05, 0.1) is 17.8 Å². The highest BCUT2D eigenvalue weighted by molar-refractivity contribution is 9.10. The summed E-state index contributed by atoms with van der Waals surface area (Å²) in [6, 6.07) is 16.9. The maximum Gasteiger partial charge on any atom is 0.282 e. The Hall–Kier alpha value is -3.54. The highest BCUT2D eigenvalue weighted by Gasteiger charge is 2.31. The summed E-state index contributed by atoms with van der Waals surface area (Å²) in [5, 5.41) is 10.1. The number of likely N-dealkylation sites (tertiary alicyclic amines) is 2. The molecule has 6 rings (SSSR count). The van der Waals surface area contributed by atoms with E-state index in [0.717, 1.165) is 56.1 Å². The van der Waals surface area contributed by atoms with Gasteiger partial charge in [-0.05, 0) is 70.6 Å². The van der Waals surface area contributed by atoms with E-state index in [2.05, 4.69) is 72.8 Å². The normalized spacial score (nSPS) is 23.5. The number of piperidine rings is 2. The number of nitrogens with one attached hydrogen (secondary N) is 2. The summed E-state index contributed by atoms with van der Waals surface area (Å²) < 4.78 is 7.99. The van der Waals surface area contributed by atoms with Crippen molar-refractivity contribution < 1.29 is 14.3 Å². The van der Waals surface area contributed by atoms with Gasteiger partial charge in [-0.15, -0.1) is 0 Å². The zero-order chi connectivity index (χ0) is 30.1. The monoisotopic (exact) mass is 648 g/mol. The molecule has 3 unspecified atom stereocenters. The van der Waals surface area contributed by atoms with Crippen molar-refractivity contribution in [1.82, 2.24) is 24.9 Å². The fraction of sp³-hybridized carbons (Fsp3) is 0.438. The molecule has 0 spiro atoms. The van der Waals surface area contributed by atoms with Crippen LogP contribution < -0.4 is 20.9 Å². The average molecular weight is 650 g/mol. The van der Waals surface area contributed by atoms with Crippen LogP contribution in [0.15, 0.2) is 64.0 Å². The summed E-state index contributed by atoms with van der Waals surface area (Å²) in [6.07, 6.45) is 3.75. The smallest absolute Gasteiger partial charge is 0.282 e. The molecule has 0 radical (unpaired) electrons. The number of aryl methyl sites for hydroxylation is 1. The SMILES string of the molecule is CN1CC(Nc2cnn(C)c(=O)c2Br)CC(c2ccc(CN3CC(Oc4ccc(C5CCC(=O)NC5=O)cc4)C3)cc2)C1. The van der Waals surface area contributed by atoms with Gasteiger partial charge in [-0.3, -0.25) is 24.6 Å². The van der Waals surface area contributed by atoms with Gasteiger partial charge in [0.1, 0.15) is 16.3 Å². The third-order valence-corrected chi connectivity index (χ3v) is 9.44. The molecule has 3 aliphatic heterocycles. The number of likely N-dealkylation sites (N-methyl/N-ethyl adjacent to an activating group) is 1. The standard InChI is InChI=1S/C32H37BrN6O4/c1-37-16-23(13-24(17-37)35-28-14-34-38(2)32(42)30(28)33)21-5-3-20(4-6-21)15-39-18-26(19-39)43-25-9-7-22(8-10-25)27-11-12-29(40)36-31(27)41/h3-10,14,23-24,26-27,35H,11-13,15-19H2,1-2H3,(H,36,40,41). The van der Waals surface area contributed by atoms with Crippen molar-refractivity contribution >= 4 is 33.4 Å². The number of carbonyl (C=O) groups is 2. The lowest BCUT2D eigenvalue weighted by molar-refractivity contribution is -0.134. The Morgan fingerprint density at radius 2 is 1.70 bits per heavy atom. The molecule has 43 heavy (non-hydrogen) atoms. The van der Waals surface area contributed by atoms with Gasteiger partial charge in [0, 0.05) is 52.2 Å². The number of anilines is 1. The second-order valence-electron chi connectivity index (χ2n) is 12.0. The second-order valence-corrected chi connectivity index (χ2v) is 12.8. The quantitative estimate of drug-likeness (QED) is 0.359. The third-order valence-electron chi connectivity index (χ3n) is 8.68. The van der Waals surface area contributed by atoms with Gasteiger partial charge in [0.2, 0.25) is 11.8 Å². The summed E-state index contributed by atoms with van der Waals surface area (Å²) in [7, 11) is 3.79. The molecule has 3 fully saturated rings. The van der Waals surface area contributed by atoms with E-state index in [1.165, 1.54) is 15.8 Å². The largest absolute Gasteiger partial charge is 0.488 e. The molecule has 2 amide bonds. The van der Waals surface area contributed by atoms with Crippen LogP contribution in [-0.4, -0.2) is 76.8 Å². The number of halogens is 1. The Kier molecular flexibility index (Phi) is 8.65. The molecule has 4 heterocycles. The van der Waals surface area contributed by atoms with E-state index >= 15 is 0 Å². The van der Waals surface area contributed by atoms with E-state index in [1.54, 1.807) is 13.2 Å². The van der Waals surface area contributed by atoms with Crippen LogP contribution in [0.3, 0.4) is 0 Å². The first-order valence-electron chi connectivity index (χ1n) is 14.8. The molecule has 1 aromatic heterocycles. The van der Waals surface area contributed by atoms with E-state index in [1.807, 2.05) is 24.3 Å². The van der Waals surface area contributed by atoms with Gasteiger partial charge >= 0.3 is 0 Å². The van der Waals surface area contributed by atoms with E-state index in [0.29, 0.717) is 23.2 Å². The minimum atomic E-state index is -0.277. The van der Waals surface area contributed by atoms with E-state index in [-0.39, 0.29) is 35.4 Å². The van der Waals surface area contributed by atoms with Crippen LogP contribution in [-0.2, 0) is 23.2 Å². The van der Waals surface area contributed by atoms with Crippen molar-refractivity contribution in [2.24, 2.45) is 7.05 Å². The number of benzene rings is 2. The number of nitrogens with zero attached hydrogens (tertiary/aromatic N) is 4. The summed E-state index contributed by atoms with van der Waals surface area (Å²) in [5.74, 6) is 0.501. The summed E-state index contributed by atoms with van der Waals surface area (Å²) >= 11 is 3.43. The number of aromatic nitrogens is 2. The first-order valence-corrected chi connectivity index (χ1v) is 15.6. The van der Waals surface area contributed by atoms with Crippen molar-refractivity contribution in [3.63, 3.8) is 0 Å². The van der Waals surface area contributed by atoms with Crippen LogP contribution in [0, 0.1) is 0 Å². The number of hydrogen-bond donors (Lipinski definition) is 2. The van der Waals surface area contributed by atoms with Crippen molar-refractivity contribution in [3.8, 4) is 5.75 Å². The number of carbonyl (C=O) groups excluding carboxylic acids is 2. The van der Waals surface area contributed by atoms with Crippen molar-refractivity contribution in [2.45, 2.75) is 49.8 Å². The second kappa shape index (κ2) is 12.6. The number of rotatable bonds is 8. The highest BCUT2D eigenvalue weighted by Crippen LogP contribution is 2.31. The van der Waals surface area contributed by atoms with Crippen LogP contribution in [0.25, 0.3) is 0 Å². The molecule has 2 aromatic carbocycles. The highest BCUT2D eigenvalue weighted by atomic mass is 79.9. The summed E-state index contributed by atoms with van der Waals surface area (Å²) in [5.41, 5.74) is 4.11. The molecule has 10 nitrogen and oxygen atoms in total. The minimum absolute atomic E-state index is 0.142. The van der Waals surface area contributed by atoms with Crippen LogP contribution in [0.2, 0.25) is 0 Å². The first-order chi connectivity index (χ1) is 20.7. The van der Waals surface area contributed by atoms with Gasteiger partial charge in [0.25, 0.3) is 5.56 Å². The van der Waals surface area contributed by atoms with Crippen LogP contribution >= 0.6 is 15.9 Å². The Morgan fingerprint density at radius 3 is 2.42 bits per heavy atom. The fourth-order valence-electron chi connectivity index (χ4n) is 6.36. The summed E-state index contributed by atoms with van der Waals surface area (Å²) in [4.78, 5) is 40.5. The van der Waals surface area contributed by atoms with Gasteiger partial charge in [-0.25, -0.2) is 4.68 Å². The lowest BCUT2D eigenvalue weighted by Crippen LogP contribution is -2.53. The van der Waals surface area contributed by atoms with E-state index in [9.17, 15) is 14.4 Å². The van der Waals surface area contributed by atoms with Crippen LogP contribution in [0.4, 0.5) is 5.69 Å². The maximum absolute atomic E-state index is 12.3. The predicted molar refractivity (Wildman–Crippen MR) is 167 cm³/mol. The first kappa shape index (κ1) is 29.5. The molecule has 2 N–H and O–H groups in total. The molecule has 226 valence electrons. The molecule has 0 aliphatic carbocycles. The van der Waals surface area contributed by atoms with E-state index < -0.39 is 0 Å². The third kappa shape index (κ3) is 6.84. The summed E-state index contributed by atoms with van der Waals surface area (Å²) in [6.45, 7) is 4.51. The molecule has 0 saturated carbocycles. The predicted octanol–water partition coefficient (Wildman–Crippen LogP) is 3.23. The number of imide groups is 1. The van der Waals surface area contributed by atoms with Gasteiger partial charge < -0.3 is 15.0 Å². The molecule has 0 bridgehead atoms. The van der Waals surface area contributed by atoms with Crippen molar-refractivity contribution in [3.05, 3.63) is 86.2 Å². The van der Waals surface area contributed by atoms with Gasteiger partial charge in [-0.1, -0.05) is 36.4 Å². The lowest BCUT2D eigenvalue weighted by atomic mass is 9.87. The number of amides is 2. The molecular weight excluding hydrogens is 612 g/mol. The fourth-order valence-corrected chi connectivity index (χ4v) is 6.83. The van der Waals surface area contributed by atoms with Gasteiger partial charge in [-0.2, -0.15) is 5.10 Å². The van der Waals surface area contributed by atoms with Gasteiger partial charge in [0.15, 0.2) is 0 Å². The molecule has 11 heteroatoms. The van der Waals surface area contributed by atoms with E-state index in [4.69, 9.17) is 4.74 Å². The lowest BCUT2D eigenvalue weighted by Gasteiger charge is -2.39. The zero-order valence-electron chi connectivity index (χ0n) is 24.5. The number of ether oxygens (including phenoxy) is 1. The van der Waals surface area contributed by atoms with Crippen LogP contribution in [0.1, 0.15) is 47.8 Å². The molecular formula is C32H37BrN6O4. The Balaban J connectivity index is 0.977. The Labute approximate surface area is 259 Å². The Morgan fingerprint density at radius 1 is 0.977 bits per heavy atom. The average Bonchev–Trinajstić information content (AvgIpc) is 2.97. The maximum atomic E-state index is 12.3. The van der Waals surface area contributed by atoms with Crippen molar-refractivity contribution in [1.29, 1.82) is 0 Å². The molecule has 3 saturated heterocycles. The van der Waals surface area contributed by atoms with Crippen LogP contribution in [0.5, 0.6) is 5.75 Å².